The van der Waals surface area contributed by atoms with Crippen LogP contribution >= 0.6 is 11.3 Å². The summed E-state index contributed by atoms with van der Waals surface area (Å²) in [5.74, 6) is 1.22. The van der Waals surface area contributed by atoms with Gasteiger partial charge in [0.2, 0.25) is 0 Å². The molecule has 1 aliphatic rings. The van der Waals surface area contributed by atoms with Crippen LogP contribution < -0.4 is 29.1 Å². The Hall–Kier alpha value is -5.67. The van der Waals surface area contributed by atoms with Crippen molar-refractivity contribution >= 4 is 44.9 Å². The van der Waals surface area contributed by atoms with E-state index in [0.29, 0.717) is 56.6 Å². The van der Waals surface area contributed by atoms with Gasteiger partial charge in [-0.15, -0.1) is 0 Å². The van der Waals surface area contributed by atoms with Crippen LogP contribution in [0.15, 0.2) is 118 Å². The van der Waals surface area contributed by atoms with Crippen molar-refractivity contribution in [3.05, 3.63) is 145 Å². The maximum atomic E-state index is 14.4. The zero-order valence-corrected chi connectivity index (χ0v) is 29.1. The van der Waals surface area contributed by atoms with Gasteiger partial charge in [-0.2, -0.15) is 0 Å². The fourth-order valence-electron chi connectivity index (χ4n) is 6.53. The van der Waals surface area contributed by atoms with Crippen LogP contribution in [0.5, 0.6) is 17.2 Å². The maximum Gasteiger partial charge on any atom is 0.338 e. The molecule has 7 rings (SSSR count). The fraction of sp³-hybridized carbons (Fsp3) is 0.195. The van der Waals surface area contributed by atoms with Gasteiger partial charge in [-0.25, -0.2) is 9.79 Å². The topological polar surface area (TPSA) is 88.4 Å². The van der Waals surface area contributed by atoms with Crippen LogP contribution in [-0.4, -0.2) is 30.9 Å². The summed E-state index contributed by atoms with van der Waals surface area (Å²) in [4.78, 5) is 33.2. The predicted octanol–water partition coefficient (Wildman–Crippen LogP) is 7.09. The van der Waals surface area contributed by atoms with Crippen LogP contribution in [0.25, 0.3) is 27.6 Å². The second kappa shape index (κ2) is 14.1. The number of ether oxygens (including phenoxy) is 4. The van der Waals surface area contributed by atoms with Gasteiger partial charge in [0.15, 0.2) is 16.3 Å². The average Bonchev–Trinajstić information content (AvgIpc) is 3.43. The van der Waals surface area contributed by atoms with Crippen LogP contribution in [-0.2, 0) is 16.1 Å². The molecule has 0 bridgehead atoms. The highest BCUT2D eigenvalue weighted by atomic mass is 32.1. The number of nitrogens with zero attached hydrogens (tertiary/aromatic N) is 2. The van der Waals surface area contributed by atoms with Gasteiger partial charge in [-0.1, -0.05) is 90.2 Å². The number of hydrogen-bond donors (Lipinski definition) is 0. The number of benzene rings is 5. The first-order valence-electron chi connectivity index (χ1n) is 16.5. The molecule has 2 heterocycles. The summed E-state index contributed by atoms with van der Waals surface area (Å²) in [7, 11) is 1.59. The van der Waals surface area contributed by atoms with Gasteiger partial charge < -0.3 is 18.9 Å². The number of esters is 1. The van der Waals surface area contributed by atoms with Crippen molar-refractivity contribution in [1.29, 1.82) is 0 Å². The molecule has 0 saturated carbocycles. The Morgan fingerprint density at radius 3 is 2.32 bits per heavy atom. The number of allylic oxidation sites excluding steroid dienone is 1. The lowest BCUT2D eigenvalue weighted by molar-refractivity contribution is -0.139. The number of fused-ring (bicyclic) bond motifs is 3. The lowest BCUT2D eigenvalue weighted by atomic mass is 9.90. The molecule has 0 saturated heterocycles. The van der Waals surface area contributed by atoms with Crippen molar-refractivity contribution in [2.45, 2.75) is 33.4 Å². The molecule has 0 unspecified atom stereocenters. The Labute approximate surface area is 293 Å². The Kier molecular flexibility index (Phi) is 9.23. The molecule has 0 radical (unpaired) electrons. The summed E-state index contributed by atoms with van der Waals surface area (Å²) >= 11 is 1.27. The number of thiazole rings is 1. The molecular weight excluding hydrogens is 649 g/mol. The summed E-state index contributed by atoms with van der Waals surface area (Å²) in [5, 5.41) is 4.11. The number of hydrogen-bond acceptors (Lipinski definition) is 8. The van der Waals surface area contributed by atoms with Crippen LogP contribution in [0, 0.1) is 0 Å². The highest BCUT2D eigenvalue weighted by Gasteiger charge is 2.36. The molecule has 8 nitrogen and oxygen atoms in total. The monoisotopic (exact) mass is 684 g/mol. The van der Waals surface area contributed by atoms with E-state index in [1.807, 2.05) is 85.8 Å². The molecule has 6 aromatic rings. The summed E-state index contributed by atoms with van der Waals surface area (Å²) in [6, 6.07) is 30.9. The van der Waals surface area contributed by atoms with Crippen molar-refractivity contribution in [2.24, 2.45) is 4.99 Å². The third-order valence-corrected chi connectivity index (χ3v) is 9.75. The zero-order chi connectivity index (χ0) is 34.8. The van der Waals surface area contributed by atoms with Crippen molar-refractivity contribution < 1.29 is 23.7 Å². The highest BCUT2D eigenvalue weighted by molar-refractivity contribution is 7.07. The Balaban J connectivity index is 1.32. The zero-order valence-electron chi connectivity index (χ0n) is 28.3. The molecule has 0 fully saturated rings. The van der Waals surface area contributed by atoms with Gasteiger partial charge in [0.05, 0.1) is 36.1 Å². The van der Waals surface area contributed by atoms with Crippen molar-refractivity contribution in [1.82, 2.24) is 4.57 Å². The quantitative estimate of drug-likeness (QED) is 0.143. The number of aromatic nitrogens is 1. The smallest absolute Gasteiger partial charge is 0.338 e. The van der Waals surface area contributed by atoms with Crippen LogP contribution in [0.4, 0.5) is 0 Å². The minimum atomic E-state index is -0.822. The van der Waals surface area contributed by atoms with Gasteiger partial charge in [-0.05, 0) is 77.7 Å². The SMILES string of the molecule is CCOC(=O)C1=C(C)N=c2s/c(=C\c3ccc(OCc4cccc5ccccc45)c(OCC)c3)c(=O)n2[C@@H]1c1c(OC)ccc2ccccc12. The third-order valence-electron chi connectivity index (χ3n) is 8.77. The molecule has 1 aromatic heterocycles. The van der Waals surface area contributed by atoms with E-state index in [1.165, 1.54) is 11.3 Å². The van der Waals surface area contributed by atoms with Gasteiger partial charge in [0.25, 0.3) is 5.56 Å². The minimum Gasteiger partial charge on any atom is -0.496 e. The number of carbonyl (C=O) groups is 1. The summed E-state index contributed by atoms with van der Waals surface area (Å²) < 4.78 is 25.7. The van der Waals surface area contributed by atoms with E-state index in [2.05, 4.69) is 24.3 Å². The van der Waals surface area contributed by atoms with Crippen LogP contribution in [0.2, 0.25) is 0 Å². The van der Waals surface area contributed by atoms with Crippen LogP contribution in [0.3, 0.4) is 0 Å². The number of rotatable bonds is 10. The Morgan fingerprint density at radius 2 is 1.56 bits per heavy atom. The molecule has 9 heteroatoms. The van der Waals surface area contributed by atoms with E-state index in [1.54, 1.807) is 25.5 Å². The lowest BCUT2D eigenvalue weighted by Crippen LogP contribution is -2.40. The summed E-state index contributed by atoms with van der Waals surface area (Å²) in [5.41, 5.74) is 3.04. The molecule has 0 amide bonds. The number of carbonyl (C=O) groups excluding carboxylic acids is 1. The maximum absolute atomic E-state index is 14.4. The second-order valence-corrected chi connectivity index (χ2v) is 12.8. The molecule has 5 aromatic carbocycles. The van der Waals surface area contributed by atoms with Gasteiger partial charge >= 0.3 is 5.97 Å². The first kappa shape index (κ1) is 32.9. The molecule has 0 spiro atoms. The normalized spacial score (nSPS) is 14.4. The Bertz CT molecular complexity index is 2470. The highest BCUT2D eigenvalue weighted by Crippen LogP contribution is 2.40. The molecule has 1 atom stereocenters. The van der Waals surface area contributed by atoms with E-state index in [-0.39, 0.29) is 12.2 Å². The predicted molar refractivity (Wildman–Crippen MR) is 197 cm³/mol. The van der Waals surface area contributed by atoms with Crippen LogP contribution in [0.1, 0.15) is 43.5 Å². The molecule has 50 heavy (non-hydrogen) atoms. The summed E-state index contributed by atoms with van der Waals surface area (Å²) in [6.45, 7) is 6.46. The van der Waals surface area contributed by atoms with E-state index < -0.39 is 12.0 Å². The first-order valence-corrected chi connectivity index (χ1v) is 17.3. The van der Waals surface area contributed by atoms with E-state index in [4.69, 9.17) is 23.9 Å². The van der Waals surface area contributed by atoms with E-state index in [0.717, 1.165) is 32.7 Å². The standard InChI is InChI=1S/C41H36N2O6S/c1-5-47-34-22-26(18-20-32(34)49-24-29-15-11-14-27-12-7-9-16-30(27)29)23-35-39(44)43-38(36(40(45)48-6-2)25(3)42-41(43)50-35)37-31-17-10-8-13-28(31)19-21-33(37)46-4/h7-23,38H,5-6,24H2,1-4H3/b35-23-/t38-/m0/s1. The van der Waals surface area contributed by atoms with Crippen molar-refractivity contribution in [2.75, 3.05) is 20.3 Å². The van der Waals surface area contributed by atoms with Gasteiger partial charge in [0.1, 0.15) is 18.4 Å². The molecule has 0 N–H and O–H groups in total. The molecule has 1 aliphatic heterocycles. The van der Waals surface area contributed by atoms with E-state index in [9.17, 15) is 9.59 Å². The lowest BCUT2D eigenvalue weighted by Gasteiger charge is -2.27. The molecule has 0 aliphatic carbocycles. The van der Waals surface area contributed by atoms with Crippen molar-refractivity contribution in [3.63, 3.8) is 0 Å². The molecular formula is C41H36N2O6S. The average molecular weight is 685 g/mol. The summed E-state index contributed by atoms with van der Waals surface area (Å²) in [6.07, 6.45) is 1.82. The van der Waals surface area contributed by atoms with Gasteiger partial charge in [-0.3, -0.25) is 9.36 Å². The Morgan fingerprint density at radius 1 is 0.840 bits per heavy atom. The third kappa shape index (κ3) is 6.05. The largest absolute Gasteiger partial charge is 0.496 e. The number of methoxy groups -OCH3 is 1. The van der Waals surface area contributed by atoms with Gasteiger partial charge in [0, 0.05) is 5.56 Å². The first-order chi connectivity index (χ1) is 24.4. The van der Waals surface area contributed by atoms with Crippen molar-refractivity contribution in [3.8, 4) is 17.2 Å². The molecule has 252 valence electrons. The minimum absolute atomic E-state index is 0.184. The fourth-order valence-corrected chi connectivity index (χ4v) is 7.57. The second-order valence-electron chi connectivity index (χ2n) is 11.8. The van der Waals surface area contributed by atoms with E-state index >= 15 is 0 Å².